The predicted molar refractivity (Wildman–Crippen MR) is 81.4 cm³/mol. The summed E-state index contributed by atoms with van der Waals surface area (Å²) in [6, 6.07) is 3.22. The lowest BCUT2D eigenvalue weighted by Crippen LogP contribution is -2.04. The van der Waals surface area contributed by atoms with E-state index in [0.717, 1.165) is 12.1 Å². The number of halogens is 3. The molecule has 0 amide bonds. The van der Waals surface area contributed by atoms with Crippen LogP contribution in [0.15, 0.2) is 23.3 Å². The summed E-state index contributed by atoms with van der Waals surface area (Å²) in [6.45, 7) is 0. The Kier molecular flexibility index (Phi) is 5.38. The summed E-state index contributed by atoms with van der Waals surface area (Å²) < 4.78 is -0.741. The van der Waals surface area contributed by atoms with Crippen LogP contribution in [0.4, 0.5) is 17.1 Å². The predicted octanol–water partition coefficient (Wildman–Crippen LogP) is 3.74. The van der Waals surface area contributed by atoms with Crippen molar-refractivity contribution in [1.29, 1.82) is 0 Å². The van der Waals surface area contributed by atoms with Crippen molar-refractivity contribution in [2.75, 3.05) is 5.43 Å². The number of hydrogen-bond acceptors (Lipinski definition) is 6. The molecule has 0 atom stereocenters. The maximum absolute atomic E-state index is 10.8. The van der Waals surface area contributed by atoms with Crippen molar-refractivity contribution in [2.45, 2.75) is 2.14 Å². The number of anilines is 1. The van der Waals surface area contributed by atoms with E-state index in [1.807, 2.05) is 0 Å². The molecule has 8 nitrogen and oxygen atoms in total. The fourth-order valence-corrected chi connectivity index (χ4v) is 1.36. The number of nitro benzene ring substituents is 2. The molecule has 1 rings (SSSR count). The van der Waals surface area contributed by atoms with Crippen LogP contribution in [0, 0.1) is 20.2 Å². The summed E-state index contributed by atoms with van der Waals surface area (Å²) in [7, 11) is 0. The van der Waals surface area contributed by atoms with Crippen LogP contribution in [-0.2, 0) is 0 Å². The largest absolute Gasteiger partial charge is 0.301 e. The zero-order valence-corrected chi connectivity index (χ0v) is 13.7. The zero-order valence-electron chi connectivity index (χ0n) is 8.92. The molecule has 19 heavy (non-hydrogen) atoms. The van der Waals surface area contributed by atoms with Gasteiger partial charge in [0.2, 0.25) is 0 Å². The van der Waals surface area contributed by atoms with Gasteiger partial charge in [-0.05, 0) is 6.07 Å². The Hall–Kier alpha value is -1.07. The number of hydrazone groups is 1. The number of non-ortho nitro benzene ring substituents is 1. The van der Waals surface area contributed by atoms with Gasteiger partial charge in [-0.3, -0.25) is 25.7 Å². The Labute approximate surface area is 131 Å². The van der Waals surface area contributed by atoms with Crippen LogP contribution in [0.1, 0.15) is 0 Å². The van der Waals surface area contributed by atoms with Crippen LogP contribution >= 0.6 is 47.8 Å². The first-order chi connectivity index (χ1) is 8.70. The summed E-state index contributed by atoms with van der Waals surface area (Å²) in [5.41, 5.74) is 1.68. The molecule has 0 bridgehead atoms. The quantitative estimate of drug-likeness (QED) is 0.318. The number of benzene rings is 1. The highest BCUT2D eigenvalue weighted by molar-refractivity contribution is 9.40. The van der Waals surface area contributed by atoms with Gasteiger partial charge in [-0.1, -0.05) is 47.8 Å². The van der Waals surface area contributed by atoms with Crippen molar-refractivity contribution in [1.82, 2.24) is 0 Å². The van der Waals surface area contributed by atoms with Gasteiger partial charge in [-0.25, -0.2) is 0 Å². The lowest BCUT2D eigenvalue weighted by atomic mass is 10.2. The summed E-state index contributed by atoms with van der Waals surface area (Å²) in [4.78, 5) is 19.9. The number of nitrogens with zero attached hydrogens (tertiary/aromatic N) is 3. The van der Waals surface area contributed by atoms with E-state index in [2.05, 4.69) is 58.3 Å². The van der Waals surface area contributed by atoms with E-state index in [0.29, 0.717) is 0 Å². The second kappa shape index (κ2) is 6.39. The molecule has 1 aromatic carbocycles. The van der Waals surface area contributed by atoms with Gasteiger partial charge in [0.05, 0.1) is 22.1 Å². The van der Waals surface area contributed by atoms with Gasteiger partial charge < -0.3 is 0 Å². The molecule has 0 saturated heterocycles. The van der Waals surface area contributed by atoms with E-state index < -0.39 is 17.7 Å². The van der Waals surface area contributed by atoms with Crippen LogP contribution in [0.2, 0.25) is 0 Å². The summed E-state index contributed by atoms with van der Waals surface area (Å²) in [5.74, 6) is 0. The van der Waals surface area contributed by atoms with Gasteiger partial charge >= 0.3 is 5.69 Å². The number of nitrogens with one attached hydrogen (secondary N) is 1. The van der Waals surface area contributed by atoms with Gasteiger partial charge in [0, 0.05) is 6.07 Å². The van der Waals surface area contributed by atoms with Gasteiger partial charge in [0.15, 0.2) is 2.14 Å². The van der Waals surface area contributed by atoms with Gasteiger partial charge in [-0.15, -0.1) is 0 Å². The van der Waals surface area contributed by atoms with E-state index in [1.165, 1.54) is 12.3 Å². The fraction of sp³-hybridized carbons (Fsp3) is 0.125. The normalized spacial score (nSPS) is 11.5. The molecule has 0 saturated carbocycles. The van der Waals surface area contributed by atoms with Crippen molar-refractivity contribution in [2.24, 2.45) is 5.10 Å². The molecule has 0 unspecified atom stereocenters. The third kappa shape index (κ3) is 5.20. The first kappa shape index (κ1) is 16.0. The lowest BCUT2D eigenvalue weighted by molar-refractivity contribution is -0.393. The molecule has 0 fully saturated rings. The van der Waals surface area contributed by atoms with E-state index in [1.54, 1.807) is 0 Å². The highest BCUT2D eigenvalue weighted by Gasteiger charge is 2.19. The molecule has 0 heterocycles. The van der Waals surface area contributed by atoms with Crippen LogP contribution in [-0.4, -0.2) is 18.2 Å². The molecule has 11 heteroatoms. The number of rotatable bonds is 4. The summed E-state index contributed by atoms with van der Waals surface area (Å²) >= 11 is 9.45. The molecule has 0 aliphatic carbocycles. The van der Waals surface area contributed by atoms with Crippen molar-refractivity contribution >= 4 is 71.1 Å². The molecule has 0 radical (unpaired) electrons. The zero-order chi connectivity index (χ0) is 14.6. The summed E-state index contributed by atoms with van der Waals surface area (Å²) in [6.07, 6.45) is 1.35. The minimum atomic E-state index is -0.741. The smallest absolute Gasteiger partial charge is 0.272 e. The second-order valence-electron chi connectivity index (χ2n) is 3.13. The highest BCUT2D eigenvalue weighted by atomic mass is 80.0. The number of hydrogen-bond donors (Lipinski definition) is 1. The lowest BCUT2D eigenvalue weighted by Gasteiger charge is -2.05. The van der Waals surface area contributed by atoms with Gasteiger partial charge in [0.1, 0.15) is 5.69 Å². The minimum absolute atomic E-state index is 0.0450. The standard InChI is InChI=1S/C8H5Br3N4O4/c9-8(10,11)4-12-13-6-2-1-5(14(16)17)3-7(6)15(18)19/h1-4,13H/b12-4+. The van der Waals surface area contributed by atoms with Crippen LogP contribution in [0.25, 0.3) is 0 Å². The monoisotopic (exact) mass is 458 g/mol. The topological polar surface area (TPSA) is 111 Å². The molecular formula is C8H5Br3N4O4. The average Bonchev–Trinajstić information content (AvgIpc) is 2.27. The van der Waals surface area contributed by atoms with Gasteiger partial charge in [-0.2, -0.15) is 5.10 Å². The molecule has 0 spiro atoms. The van der Waals surface area contributed by atoms with Crippen molar-refractivity contribution in [3.8, 4) is 0 Å². The molecule has 0 aliphatic heterocycles. The number of alkyl halides is 3. The fourth-order valence-electron chi connectivity index (χ4n) is 1.05. The Balaban J connectivity index is 3.04. The molecular weight excluding hydrogens is 456 g/mol. The minimum Gasteiger partial charge on any atom is -0.272 e. The van der Waals surface area contributed by atoms with Crippen molar-refractivity contribution in [3.63, 3.8) is 0 Å². The SMILES string of the molecule is O=[N+]([O-])c1ccc(N/N=C/C(Br)(Br)Br)c([N+](=O)[O-])c1. The second-order valence-corrected chi connectivity index (χ2v) is 10.1. The summed E-state index contributed by atoms with van der Waals surface area (Å²) in [5, 5.41) is 25.1. The van der Waals surface area contributed by atoms with Crippen molar-refractivity contribution in [3.05, 3.63) is 38.4 Å². The van der Waals surface area contributed by atoms with Crippen LogP contribution < -0.4 is 5.43 Å². The average molecular weight is 461 g/mol. The maximum Gasteiger partial charge on any atom is 0.301 e. The van der Waals surface area contributed by atoms with E-state index in [9.17, 15) is 20.2 Å². The molecule has 1 N–H and O–H groups in total. The Morgan fingerprint density at radius 1 is 1.21 bits per heavy atom. The van der Waals surface area contributed by atoms with Crippen molar-refractivity contribution < 1.29 is 9.85 Å². The third-order valence-electron chi connectivity index (χ3n) is 1.78. The molecule has 0 aliphatic rings. The van der Waals surface area contributed by atoms with Crippen LogP contribution in [0.3, 0.4) is 0 Å². The highest BCUT2D eigenvalue weighted by Crippen LogP contribution is 2.32. The Bertz CT molecular complexity index is 543. The Morgan fingerprint density at radius 2 is 1.84 bits per heavy atom. The Morgan fingerprint density at radius 3 is 2.32 bits per heavy atom. The third-order valence-corrected chi connectivity index (χ3v) is 2.40. The van der Waals surface area contributed by atoms with E-state index in [-0.39, 0.29) is 11.4 Å². The molecule has 0 aromatic heterocycles. The number of nitro groups is 2. The first-order valence-electron chi connectivity index (χ1n) is 4.50. The van der Waals surface area contributed by atoms with Crippen LogP contribution in [0.5, 0.6) is 0 Å². The first-order valence-corrected chi connectivity index (χ1v) is 6.88. The van der Waals surface area contributed by atoms with E-state index in [4.69, 9.17) is 0 Å². The maximum atomic E-state index is 10.8. The van der Waals surface area contributed by atoms with Gasteiger partial charge in [0.25, 0.3) is 5.69 Å². The van der Waals surface area contributed by atoms with E-state index >= 15 is 0 Å². The molecule has 1 aromatic rings. The molecule has 102 valence electrons.